The number of allylic oxidation sites excluding steroid dienone is 2. The van der Waals surface area contributed by atoms with Gasteiger partial charge in [-0.2, -0.15) is 5.01 Å². The Kier molecular flexibility index (Phi) is 4.68. The lowest BCUT2D eigenvalue weighted by atomic mass is 9.85. The van der Waals surface area contributed by atoms with Crippen LogP contribution in [0.4, 0.5) is 0 Å². The highest BCUT2D eigenvalue weighted by Crippen LogP contribution is 2.53. The van der Waals surface area contributed by atoms with Gasteiger partial charge in [0.05, 0.1) is 29.0 Å². The van der Waals surface area contributed by atoms with Gasteiger partial charge in [0, 0.05) is 5.02 Å². The summed E-state index contributed by atoms with van der Waals surface area (Å²) in [7, 11) is 0. The Morgan fingerprint density at radius 2 is 1.53 bits per heavy atom. The van der Waals surface area contributed by atoms with Crippen molar-refractivity contribution >= 4 is 40.9 Å². The third-order valence-electron chi connectivity index (χ3n) is 6.27. The highest BCUT2D eigenvalue weighted by atomic mass is 35.5. The quantitative estimate of drug-likeness (QED) is 0.524. The first-order valence-corrected chi connectivity index (χ1v) is 10.6. The van der Waals surface area contributed by atoms with Crippen molar-refractivity contribution in [3.05, 3.63) is 81.9 Å². The number of hydrazine groups is 1. The third kappa shape index (κ3) is 2.96. The summed E-state index contributed by atoms with van der Waals surface area (Å²) in [6, 6.07) is 13.6. The molecule has 0 unspecified atom stereocenters. The molecule has 2 aromatic rings. The van der Waals surface area contributed by atoms with Crippen LogP contribution in [0.3, 0.4) is 0 Å². The summed E-state index contributed by atoms with van der Waals surface area (Å²) in [5, 5.41) is 3.12. The van der Waals surface area contributed by atoms with Crippen LogP contribution in [-0.2, 0) is 16.1 Å². The average Bonchev–Trinajstić information content (AvgIpc) is 3.42. The van der Waals surface area contributed by atoms with Crippen molar-refractivity contribution in [3.63, 3.8) is 0 Å². The fraction of sp³-hybridized carbons (Fsp3) is 0.261. The van der Waals surface area contributed by atoms with Crippen molar-refractivity contribution in [2.24, 2.45) is 23.7 Å². The molecule has 2 fully saturated rings. The number of hydrogen-bond donors (Lipinski definition) is 0. The molecule has 2 bridgehead atoms. The highest BCUT2D eigenvalue weighted by Gasteiger charge is 2.61. The Morgan fingerprint density at radius 3 is 2.13 bits per heavy atom. The van der Waals surface area contributed by atoms with Gasteiger partial charge in [-0.3, -0.25) is 14.4 Å². The molecule has 1 saturated carbocycles. The molecule has 5 rings (SSSR count). The third-order valence-corrected chi connectivity index (χ3v) is 6.85. The Balaban J connectivity index is 1.53. The van der Waals surface area contributed by atoms with Crippen molar-refractivity contribution in [1.82, 2.24) is 10.0 Å². The van der Waals surface area contributed by atoms with Crippen LogP contribution < -0.4 is 0 Å². The largest absolute Gasteiger partial charge is 0.274 e. The van der Waals surface area contributed by atoms with Crippen LogP contribution in [0.25, 0.3) is 0 Å². The standard InChI is InChI=1S/C23H18Cl2N2O3/c24-16-9-5-13(6-10-16)12-26(21(28)17-3-1-2-4-18(17)25)27-22(29)19-14-7-8-15(11-14)20(19)23(27)30/h1-10,14-15,19-20H,11-12H2/t14-,15-,19+,20+/m0/s1. The number of carbonyl (C=O) groups is 3. The lowest BCUT2D eigenvalue weighted by Gasteiger charge is -2.31. The van der Waals surface area contributed by atoms with Crippen molar-refractivity contribution in [3.8, 4) is 0 Å². The molecule has 0 radical (unpaired) electrons. The smallest absolute Gasteiger partial charge is 0.272 e. The van der Waals surface area contributed by atoms with Crippen molar-refractivity contribution in [1.29, 1.82) is 0 Å². The van der Waals surface area contributed by atoms with Gasteiger partial charge >= 0.3 is 0 Å². The number of fused-ring (bicyclic) bond motifs is 5. The molecule has 3 aliphatic rings. The van der Waals surface area contributed by atoms with Gasteiger partial charge in [-0.25, -0.2) is 5.01 Å². The molecule has 2 aromatic carbocycles. The molecule has 152 valence electrons. The van der Waals surface area contributed by atoms with E-state index in [4.69, 9.17) is 23.2 Å². The van der Waals surface area contributed by atoms with Crippen LogP contribution in [0.5, 0.6) is 0 Å². The Hall–Kier alpha value is -2.63. The van der Waals surface area contributed by atoms with Crippen LogP contribution in [0.15, 0.2) is 60.7 Å². The molecule has 3 amide bonds. The Bertz CT molecular complexity index is 1050. The van der Waals surface area contributed by atoms with Gasteiger partial charge in [-0.1, -0.05) is 59.6 Å². The van der Waals surface area contributed by atoms with Crippen LogP contribution in [0, 0.1) is 23.7 Å². The summed E-state index contributed by atoms with van der Waals surface area (Å²) in [6.45, 7) is 0.0565. The van der Waals surface area contributed by atoms with E-state index >= 15 is 0 Å². The number of nitrogens with zero attached hydrogens (tertiary/aromatic N) is 2. The topological polar surface area (TPSA) is 57.7 Å². The number of rotatable bonds is 4. The van der Waals surface area contributed by atoms with E-state index in [1.54, 1.807) is 48.5 Å². The minimum absolute atomic E-state index is 0.0565. The van der Waals surface area contributed by atoms with Crippen molar-refractivity contribution in [2.45, 2.75) is 13.0 Å². The lowest BCUT2D eigenvalue weighted by molar-refractivity contribution is -0.156. The zero-order valence-corrected chi connectivity index (χ0v) is 17.4. The van der Waals surface area contributed by atoms with Gasteiger partial charge in [-0.15, -0.1) is 0 Å². The SMILES string of the molecule is O=C(c1ccccc1Cl)N(Cc1ccc(Cl)cc1)N1C(=O)[C@H]2[C@H](C1=O)[C@H]1C=C[C@H]2C1. The predicted octanol–water partition coefficient (Wildman–Crippen LogP) is 4.36. The summed E-state index contributed by atoms with van der Waals surface area (Å²) in [5.41, 5.74) is 0.991. The number of benzene rings is 2. The first-order chi connectivity index (χ1) is 14.5. The van der Waals surface area contributed by atoms with Gasteiger partial charge in [0.2, 0.25) is 0 Å². The van der Waals surface area contributed by atoms with Gasteiger partial charge < -0.3 is 0 Å². The Morgan fingerprint density at radius 1 is 0.933 bits per heavy atom. The second-order valence-electron chi connectivity index (χ2n) is 7.96. The number of imide groups is 1. The van der Waals surface area contributed by atoms with Crippen LogP contribution in [-0.4, -0.2) is 27.7 Å². The van der Waals surface area contributed by atoms with E-state index in [0.717, 1.165) is 17.0 Å². The molecule has 1 heterocycles. The minimum atomic E-state index is -0.488. The van der Waals surface area contributed by atoms with E-state index in [-0.39, 0.29) is 52.6 Å². The van der Waals surface area contributed by atoms with E-state index in [1.807, 2.05) is 12.2 Å². The van der Waals surface area contributed by atoms with Gasteiger partial charge in [0.1, 0.15) is 0 Å². The predicted molar refractivity (Wildman–Crippen MR) is 112 cm³/mol. The summed E-state index contributed by atoms with van der Waals surface area (Å²) in [6.07, 6.45) is 4.89. The molecule has 1 saturated heterocycles. The van der Waals surface area contributed by atoms with Gasteiger partial charge in [-0.05, 0) is 48.1 Å². The fourth-order valence-corrected chi connectivity index (χ4v) is 5.24. The molecular weight excluding hydrogens is 423 g/mol. The van der Waals surface area contributed by atoms with Gasteiger partial charge in [0.15, 0.2) is 0 Å². The van der Waals surface area contributed by atoms with Crippen molar-refractivity contribution in [2.75, 3.05) is 0 Å². The van der Waals surface area contributed by atoms with E-state index in [1.165, 1.54) is 5.01 Å². The number of hydrogen-bond acceptors (Lipinski definition) is 3. The monoisotopic (exact) mass is 440 g/mol. The highest BCUT2D eigenvalue weighted by molar-refractivity contribution is 6.34. The fourth-order valence-electron chi connectivity index (χ4n) is 4.89. The van der Waals surface area contributed by atoms with Crippen LogP contribution >= 0.6 is 23.2 Å². The summed E-state index contributed by atoms with van der Waals surface area (Å²) in [4.78, 5) is 40.1. The van der Waals surface area contributed by atoms with Crippen LogP contribution in [0.1, 0.15) is 22.3 Å². The minimum Gasteiger partial charge on any atom is -0.272 e. The summed E-state index contributed by atoms with van der Waals surface area (Å²) >= 11 is 12.2. The maximum Gasteiger partial charge on any atom is 0.274 e. The zero-order valence-electron chi connectivity index (χ0n) is 15.9. The molecule has 2 aliphatic carbocycles. The van der Waals surface area contributed by atoms with E-state index in [2.05, 4.69) is 0 Å². The van der Waals surface area contributed by atoms with Crippen molar-refractivity contribution < 1.29 is 14.4 Å². The first-order valence-electron chi connectivity index (χ1n) is 9.82. The molecule has 0 N–H and O–H groups in total. The maximum atomic E-state index is 13.5. The second kappa shape index (κ2) is 7.25. The first kappa shape index (κ1) is 19.3. The Labute approximate surface area is 183 Å². The number of halogens is 2. The summed E-state index contributed by atoms with van der Waals surface area (Å²) in [5.74, 6) is -1.76. The second-order valence-corrected chi connectivity index (χ2v) is 8.80. The molecular formula is C23H18Cl2N2O3. The molecule has 30 heavy (non-hydrogen) atoms. The molecule has 7 heteroatoms. The van der Waals surface area contributed by atoms with E-state index < -0.39 is 5.91 Å². The van der Waals surface area contributed by atoms with Crippen LogP contribution in [0.2, 0.25) is 10.0 Å². The van der Waals surface area contributed by atoms with E-state index in [0.29, 0.717) is 5.02 Å². The molecule has 4 atom stereocenters. The van der Waals surface area contributed by atoms with Gasteiger partial charge in [0.25, 0.3) is 17.7 Å². The number of carbonyl (C=O) groups excluding carboxylic acids is 3. The molecule has 1 aliphatic heterocycles. The van der Waals surface area contributed by atoms with E-state index in [9.17, 15) is 14.4 Å². The molecule has 0 spiro atoms. The maximum absolute atomic E-state index is 13.5. The lowest BCUT2D eigenvalue weighted by Crippen LogP contribution is -2.50. The average molecular weight is 441 g/mol. The molecule has 0 aromatic heterocycles. The molecule has 5 nitrogen and oxygen atoms in total. The number of amides is 3. The zero-order chi connectivity index (χ0) is 21.0. The summed E-state index contributed by atoms with van der Waals surface area (Å²) < 4.78 is 0. The normalized spacial score (nSPS) is 26.4.